The highest BCUT2D eigenvalue weighted by atomic mass is 19.1. The molecule has 2 aromatic rings. The molecule has 2 fully saturated rings. The van der Waals surface area contributed by atoms with Crippen molar-refractivity contribution in [1.29, 1.82) is 0 Å². The second kappa shape index (κ2) is 6.22. The minimum atomic E-state index is -1.20. The molecule has 2 heterocycles. The lowest BCUT2D eigenvalue weighted by Crippen LogP contribution is -2.44. The predicted molar refractivity (Wildman–Crippen MR) is 97.1 cm³/mol. The van der Waals surface area contributed by atoms with Gasteiger partial charge in [0.05, 0.1) is 12.5 Å². The lowest BCUT2D eigenvalue weighted by molar-refractivity contribution is 0.289. The van der Waals surface area contributed by atoms with Gasteiger partial charge >= 0.3 is 5.69 Å². The number of nitrogens with two attached hydrogens (primary N) is 2. The number of benzene rings is 1. The molecule has 27 heavy (non-hydrogen) atoms. The molecule has 2 atom stereocenters. The van der Waals surface area contributed by atoms with Crippen molar-refractivity contribution in [2.24, 2.45) is 11.7 Å². The van der Waals surface area contributed by atoms with Crippen molar-refractivity contribution in [3.8, 4) is 5.75 Å². The Balaban J connectivity index is 2.03. The van der Waals surface area contributed by atoms with E-state index in [1.165, 1.54) is 16.6 Å². The Kier molecular flexibility index (Phi) is 4.10. The molecule has 1 aromatic heterocycles. The summed E-state index contributed by atoms with van der Waals surface area (Å²) in [6.07, 6.45) is 0.292. The number of fused-ring (bicyclic) bond motifs is 1. The van der Waals surface area contributed by atoms with Crippen molar-refractivity contribution in [2.45, 2.75) is 25.1 Å². The van der Waals surface area contributed by atoms with Gasteiger partial charge in [-0.3, -0.25) is 9.36 Å². The van der Waals surface area contributed by atoms with E-state index in [0.29, 0.717) is 4.68 Å². The van der Waals surface area contributed by atoms with Gasteiger partial charge in [0.2, 0.25) is 0 Å². The van der Waals surface area contributed by atoms with Gasteiger partial charge in [0.15, 0.2) is 11.6 Å². The van der Waals surface area contributed by atoms with Gasteiger partial charge in [-0.15, -0.1) is 0 Å². The van der Waals surface area contributed by atoms with Crippen LogP contribution in [-0.2, 0) is 0 Å². The number of aromatic nitrogens is 2. The number of alkyl halides is 1. The first-order valence-corrected chi connectivity index (χ1v) is 8.80. The molecule has 0 spiro atoms. The number of rotatable bonds is 4. The number of hydrogen-bond donors (Lipinski definition) is 2. The van der Waals surface area contributed by atoms with Gasteiger partial charge in [-0.2, -0.15) is 4.68 Å². The second-order valence-corrected chi connectivity index (χ2v) is 7.11. The molecule has 10 heteroatoms. The monoisotopic (exact) mass is 381 g/mol. The summed E-state index contributed by atoms with van der Waals surface area (Å²) < 4.78 is 36.5. The molecule has 1 aliphatic heterocycles. The zero-order chi connectivity index (χ0) is 19.5. The first kappa shape index (κ1) is 17.8. The van der Waals surface area contributed by atoms with E-state index in [1.54, 1.807) is 0 Å². The summed E-state index contributed by atoms with van der Waals surface area (Å²) in [5.74, 6) is 4.49. The number of hydrogen-bond acceptors (Lipinski definition) is 6. The fourth-order valence-electron chi connectivity index (χ4n) is 3.83. The first-order chi connectivity index (χ1) is 12.9. The van der Waals surface area contributed by atoms with Crippen molar-refractivity contribution >= 4 is 16.6 Å². The van der Waals surface area contributed by atoms with Crippen molar-refractivity contribution < 1.29 is 13.5 Å². The Bertz CT molecular complexity index is 1030. The van der Waals surface area contributed by atoms with Crippen LogP contribution in [0.3, 0.4) is 0 Å². The third-order valence-corrected chi connectivity index (χ3v) is 5.38. The third kappa shape index (κ3) is 2.58. The summed E-state index contributed by atoms with van der Waals surface area (Å²) in [6, 6.07) is 0.909. The number of anilines is 1. The van der Waals surface area contributed by atoms with Crippen LogP contribution in [0, 0.1) is 11.7 Å². The molecule has 0 amide bonds. The van der Waals surface area contributed by atoms with Crippen LogP contribution >= 0.6 is 0 Å². The van der Waals surface area contributed by atoms with Crippen molar-refractivity contribution in [3.63, 3.8) is 0 Å². The highest BCUT2D eigenvalue weighted by Crippen LogP contribution is 2.43. The van der Waals surface area contributed by atoms with Crippen LogP contribution in [0.1, 0.15) is 18.9 Å². The fourth-order valence-corrected chi connectivity index (χ4v) is 3.83. The molecule has 146 valence electrons. The van der Waals surface area contributed by atoms with Gasteiger partial charge in [0, 0.05) is 25.0 Å². The number of ether oxygens (including phenoxy) is 1. The van der Waals surface area contributed by atoms with E-state index >= 15 is 0 Å². The molecular weight excluding hydrogens is 360 g/mol. The molecule has 0 unspecified atom stereocenters. The summed E-state index contributed by atoms with van der Waals surface area (Å²) >= 11 is 0. The second-order valence-electron chi connectivity index (χ2n) is 7.11. The molecular formula is C17H21F2N5O3. The normalized spacial score (nSPS) is 22.6. The molecule has 8 nitrogen and oxygen atoms in total. The molecule has 0 radical (unpaired) electrons. The first-order valence-electron chi connectivity index (χ1n) is 8.80. The maximum Gasteiger partial charge on any atom is 0.350 e. The summed E-state index contributed by atoms with van der Waals surface area (Å²) in [7, 11) is 1.33. The SMILES string of the molecule is COc1c(N2C[C@H](CN)[C@@H](F)C2)c(F)cc2c(=O)n(N)c(=O)n(C3CC3)c12. The molecule has 1 aliphatic carbocycles. The number of nitrogen functional groups attached to an aromatic ring is 1. The molecule has 1 saturated heterocycles. The Hall–Kier alpha value is -2.62. The lowest BCUT2D eigenvalue weighted by atomic mass is 10.1. The molecule has 0 bridgehead atoms. The quantitative estimate of drug-likeness (QED) is 0.727. The summed E-state index contributed by atoms with van der Waals surface area (Å²) in [5.41, 5.74) is 4.34. The van der Waals surface area contributed by atoms with Crippen molar-refractivity contribution in [2.75, 3.05) is 37.5 Å². The van der Waals surface area contributed by atoms with Crippen LogP contribution in [0.15, 0.2) is 15.7 Å². The summed E-state index contributed by atoms with van der Waals surface area (Å²) in [5, 5.41) is -0.0477. The van der Waals surface area contributed by atoms with E-state index in [4.69, 9.17) is 16.3 Å². The van der Waals surface area contributed by atoms with Crippen LogP contribution < -0.4 is 32.5 Å². The van der Waals surface area contributed by atoms with Gasteiger partial charge in [-0.1, -0.05) is 0 Å². The topological polar surface area (TPSA) is 109 Å². The molecule has 4 rings (SSSR count). The van der Waals surface area contributed by atoms with Crippen molar-refractivity contribution in [3.05, 3.63) is 32.7 Å². The standard InChI is InChI=1S/C17H21F2N5O3/c1-27-15-13-10(16(25)24(21)17(26)23(13)9-2-3-9)4-11(18)14(15)22-6-8(5-20)12(19)7-22/h4,8-9,12H,2-3,5-7,20-21H2,1H3/t8-,12-/m0/s1. The van der Waals surface area contributed by atoms with E-state index in [1.807, 2.05) is 0 Å². The van der Waals surface area contributed by atoms with Gasteiger partial charge in [-0.05, 0) is 25.5 Å². The average Bonchev–Trinajstić information content (AvgIpc) is 3.41. The number of nitrogens with zero attached hydrogens (tertiary/aromatic N) is 3. The van der Waals surface area contributed by atoms with Gasteiger partial charge in [0.1, 0.15) is 17.4 Å². The Morgan fingerprint density at radius 1 is 1.30 bits per heavy atom. The van der Waals surface area contributed by atoms with E-state index in [9.17, 15) is 18.4 Å². The van der Waals surface area contributed by atoms with Crippen LogP contribution in [0.5, 0.6) is 5.75 Å². The Labute approximate surface area is 152 Å². The van der Waals surface area contributed by atoms with Crippen LogP contribution in [-0.4, -0.2) is 42.2 Å². The van der Waals surface area contributed by atoms with Crippen LogP contribution in [0.2, 0.25) is 0 Å². The Morgan fingerprint density at radius 3 is 2.56 bits per heavy atom. The van der Waals surface area contributed by atoms with Crippen LogP contribution in [0.4, 0.5) is 14.5 Å². The lowest BCUT2D eigenvalue weighted by Gasteiger charge is -2.24. The maximum atomic E-state index is 15.0. The zero-order valence-corrected chi connectivity index (χ0v) is 14.8. The average molecular weight is 381 g/mol. The minimum Gasteiger partial charge on any atom is -0.492 e. The van der Waals surface area contributed by atoms with E-state index in [0.717, 1.165) is 18.9 Å². The maximum absolute atomic E-state index is 15.0. The summed E-state index contributed by atoms with van der Waals surface area (Å²) in [6.45, 7) is 0.320. The number of methoxy groups -OCH3 is 1. The van der Waals surface area contributed by atoms with Gasteiger partial charge in [-0.25, -0.2) is 13.6 Å². The third-order valence-electron chi connectivity index (χ3n) is 5.38. The molecule has 1 aromatic carbocycles. The van der Waals surface area contributed by atoms with Crippen LogP contribution in [0.25, 0.3) is 10.9 Å². The zero-order valence-electron chi connectivity index (χ0n) is 14.8. The highest BCUT2D eigenvalue weighted by molar-refractivity contribution is 5.91. The summed E-state index contributed by atoms with van der Waals surface area (Å²) in [4.78, 5) is 26.6. The van der Waals surface area contributed by atoms with E-state index in [-0.39, 0.29) is 48.0 Å². The largest absolute Gasteiger partial charge is 0.492 e. The Morgan fingerprint density at radius 2 is 2.00 bits per heavy atom. The van der Waals surface area contributed by atoms with Gasteiger partial charge in [0.25, 0.3) is 5.56 Å². The van der Waals surface area contributed by atoms with Gasteiger partial charge < -0.3 is 21.2 Å². The molecule has 2 aliphatic rings. The highest BCUT2D eigenvalue weighted by Gasteiger charge is 2.37. The van der Waals surface area contributed by atoms with Crippen molar-refractivity contribution in [1.82, 2.24) is 9.24 Å². The number of halogens is 2. The predicted octanol–water partition coefficient (Wildman–Crippen LogP) is 0.0926. The fraction of sp³-hybridized carbons (Fsp3) is 0.529. The van der Waals surface area contributed by atoms with E-state index < -0.39 is 29.2 Å². The van der Waals surface area contributed by atoms with E-state index in [2.05, 4.69) is 0 Å². The molecule has 4 N–H and O–H groups in total. The minimum absolute atomic E-state index is 0.0339. The smallest absolute Gasteiger partial charge is 0.350 e. The molecule has 1 saturated carbocycles.